The van der Waals surface area contributed by atoms with Crippen LogP contribution < -0.4 is 16.3 Å². The highest BCUT2D eigenvalue weighted by molar-refractivity contribution is 7.18. The molecule has 2 aromatic heterocycles. The van der Waals surface area contributed by atoms with E-state index in [1.165, 1.54) is 17.7 Å². The molecule has 152 valence electrons. The van der Waals surface area contributed by atoms with Gasteiger partial charge in [0.25, 0.3) is 11.5 Å². The van der Waals surface area contributed by atoms with Crippen molar-refractivity contribution in [1.29, 1.82) is 0 Å². The zero-order valence-electron chi connectivity index (χ0n) is 16.6. The molecule has 0 radical (unpaired) electrons. The molecule has 2 N–H and O–H groups in total. The molecule has 0 atom stereocenters. The Morgan fingerprint density at radius 2 is 1.90 bits per heavy atom. The first-order valence-electron chi connectivity index (χ1n) is 9.08. The van der Waals surface area contributed by atoms with Crippen molar-refractivity contribution in [1.82, 2.24) is 9.66 Å². The van der Waals surface area contributed by atoms with Gasteiger partial charge in [-0.25, -0.2) is 14.5 Å². The van der Waals surface area contributed by atoms with Gasteiger partial charge in [-0.1, -0.05) is 6.92 Å². The zero-order chi connectivity index (χ0) is 21.2. The normalized spacial score (nSPS) is 11.3. The number of fused-ring (bicyclic) bond motifs is 1. The second-order valence-corrected chi connectivity index (χ2v) is 8.47. The molecule has 2 amide bonds. The molecule has 29 heavy (non-hydrogen) atoms. The van der Waals surface area contributed by atoms with Crippen molar-refractivity contribution in [3.8, 4) is 0 Å². The lowest BCUT2D eigenvalue weighted by Gasteiger charge is -2.19. The van der Waals surface area contributed by atoms with Crippen molar-refractivity contribution in [3.05, 3.63) is 57.5 Å². The zero-order valence-corrected chi connectivity index (χ0v) is 17.4. The van der Waals surface area contributed by atoms with E-state index >= 15 is 0 Å². The van der Waals surface area contributed by atoms with Crippen LogP contribution in [0.3, 0.4) is 0 Å². The van der Waals surface area contributed by atoms with E-state index < -0.39 is 17.6 Å². The van der Waals surface area contributed by atoms with Gasteiger partial charge in [-0.05, 0) is 57.5 Å². The number of nitrogens with one attached hydrogen (secondary N) is 2. The fourth-order valence-corrected chi connectivity index (χ4v) is 3.45. The van der Waals surface area contributed by atoms with Gasteiger partial charge >= 0.3 is 6.09 Å². The molecule has 1 aromatic carbocycles. The Morgan fingerprint density at radius 3 is 2.52 bits per heavy atom. The predicted octanol–water partition coefficient (Wildman–Crippen LogP) is 3.75. The molecule has 0 bridgehead atoms. The minimum absolute atomic E-state index is 0.325. The second-order valence-electron chi connectivity index (χ2n) is 7.35. The summed E-state index contributed by atoms with van der Waals surface area (Å²) in [6.45, 7) is 7.32. The summed E-state index contributed by atoms with van der Waals surface area (Å²) in [6.07, 6.45) is 1.54. The third-order valence-electron chi connectivity index (χ3n) is 3.87. The lowest BCUT2D eigenvalue weighted by atomic mass is 10.2. The number of anilines is 1. The quantitative estimate of drug-likeness (QED) is 0.677. The molecule has 0 fully saturated rings. The largest absolute Gasteiger partial charge is 0.444 e. The van der Waals surface area contributed by atoms with Crippen LogP contribution in [-0.4, -0.2) is 27.3 Å². The Labute approximate surface area is 171 Å². The van der Waals surface area contributed by atoms with E-state index in [1.54, 1.807) is 51.1 Å². The van der Waals surface area contributed by atoms with Crippen molar-refractivity contribution in [2.45, 2.75) is 39.7 Å². The van der Waals surface area contributed by atoms with Gasteiger partial charge in [-0.2, -0.15) is 0 Å². The van der Waals surface area contributed by atoms with Gasteiger partial charge in [0, 0.05) is 16.1 Å². The number of hydrogen-bond acceptors (Lipinski definition) is 6. The molecule has 0 aliphatic heterocycles. The third kappa shape index (κ3) is 5.00. The first-order valence-corrected chi connectivity index (χ1v) is 9.89. The van der Waals surface area contributed by atoms with Crippen molar-refractivity contribution < 1.29 is 14.3 Å². The maximum atomic E-state index is 12.6. The molecule has 2 heterocycles. The molecule has 0 saturated heterocycles. The van der Waals surface area contributed by atoms with Crippen LogP contribution in [0.25, 0.3) is 10.2 Å². The minimum Gasteiger partial charge on any atom is -0.444 e. The molecule has 0 aliphatic rings. The minimum atomic E-state index is -0.605. The summed E-state index contributed by atoms with van der Waals surface area (Å²) < 4.78 is 6.26. The number of amides is 2. The number of carbonyl (C=O) groups excluding carboxylic acids is 2. The first-order chi connectivity index (χ1) is 13.7. The summed E-state index contributed by atoms with van der Waals surface area (Å²) in [7, 11) is 0. The third-order valence-corrected chi connectivity index (χ3v) is 5.05. The van der Waals surface area contributed by atoms with E-state index in [-0.39, 0.29) is 5.56 Å². The number of benzene rings is 1. The van der Waals surface area contributed by atoms with E-state index in [1.807, 2.05) is 6.92 Å². The van der Waals surface area contributed by atoms with Gasteiger partial charge in [-0.3, -0.25) is 20.3 Å². The van der Waals surface area contributed by atoms with E-state index in [9.17, 15) is 14.4 Å². The van der Waals surface area contributed by atoms with Gasteiger partial charge in [0.2, 0.25) is 0 Å². The van der Waals surface area contributed by atoms with Crippen LogP contribution in [0.1, 0.15) is 42.9 Å². The molecular formula is C20H22N4O4S. The van der Waals surface area contributed by atoms with Gasteiger partial charge in [-0.15, -0.1) is 11.3 Å². The number of thiophene rings is 1. The summed E-state index contributed by atoms with van der Waals surface area (Å²) in [5.74, 6) is -0.469. The number of aryl methyl sites for hydroxylation is 1. The Hall–Kier alpha value is -3.20. The number of aromatic nitrogens is 2. The topological polar surface area (TPSA) is 102 Å². The SMILES string of the molecule is CCc1cc2c(=O)n(NC(=O)c3ccc(NC(=O)OC(C)(C)C)cc3)cnc2s1. The fourth-order valence-electron chi connectivity index (χ4n) is 2.53. The smallest absolute Gasteiger partial charge is 0.412 e. The predicted molar refractivity (Wildman–Crippen MR) is 113 cm³/mol. The number of nitrogens with zero attached hydrogens (tertiary/aromatic N) is 2. The average molecular weight is 414 g/mol. The average Bonchev–Trinajstić information content (AvgIpc) is 3.07. The summed E-state index contributed by atoms with van der Waals surface area (Å²) in [6, 6.07) is 8.04. The monoisotopic (exact) mass is 414 g/mol. The lowest BCUT2D eigenvalue weighted by molar-refractivity contribution is 0.0636. The molecule has 0 unspecified atom stereocenters. The maximum absolute atomic E-state index is 12.6. The molecule has 3 rings (SSSR count). The first kappa shape index (κ1) is 20.5. The highest BCUT2D eigenvalue weighted by Gasteiger charge is 2.16. The second kappa shape index (κ2) is 8.04. The van der Waals surface area contributed by atoms with Crippen LogP contribution in [0.15, 0.2) is 41.5 Å². The van der Waals surface area contributed by atoms with Crippen LogP contribution >= 0.6 is 11.3 Å². The summed E-state index contributed by atoms with van der Waals surface area (Å²) in [5, 5.41) is 3.07. The van der Waals surface area contributed by atoms with Gasteiger partial charge in [0.1, 0.15) is 16.8 Å². The van der Waals surface area contributed by atoms with E-state index in [2.05, 4.69) is 15.7 Å². The number of hydrogen-bond donors (Lipinski definition) is 2. The van der Waals surface area contributed by atoms with Gasteiger partial charge in [0.15, 0.2) is 0 Å². The Bertz CT molecular complexity index is 1110. The van der Waals surface area contributed by atoms with Crippen molar-refractivity contribution in [3.63, 3.8) is 0 Å². The maximum Gasteiger partial charge on any atom is 0.412 e. The Balaban J connectivity index is 1.71. The van der Waals surface area contributed by atoms with Crippen molar-refractivity contribution >= 4 is 39.2 Å². The summed E-state index contributed by atoms with van der Waals surface area (Å²) >= 11 is 1.46. The summed E-state index contributed by atoms with van der Waals surface area (Å²) in [4.78, 5) is 42.8. The van der Waals surface area contributed by atoms with Crippen LogP contribution in [0.2, 0.25) is 0 Å². The van der Waals surface area contributed by atoms with Crippen molar-refractivity contribution in [2.75, 3.05) is 10.7 Å². The van der Waals surface area contributed by atoms with Gasteiger partial charge in [0.05, 0.1) is 5.39 Å². The molecule has 3 aromatic rings. The van der Waals surface area contributed by atoms with Crippen molar-refractivity contribution in [2.24, 2.45) is 0 Å². The summed E-state index contributed by atoms with van der Waals surface area (Å²) in [5.41, 5.74) is 2.41. The molecule has 0 saturated carbocycles. The van der Waals surface area contributed by atoms with Crippen LogP contribution in [0.4, 0.5) is 10.5 Å². The molecule has 8 nitrogen and oxygen atoms in total. The standard InChI is InChI=1S/C20H22N4O4S/c1-5-14-10-15-17(29-14)21-11-24(18(15)26)23-16(25)12-6-8-13(9-7-12)22-19(27)28-20(2,3)4/h6-11H,5H2,1-4H3,(H,22,27)(H,23,25). The van der Waals surface area contributed by atoms with Crippen LogP contribution in [0, 0.1) is 0 Å². The Morgan fingerprint density at radius 1 is 1.21 bits per heavy atom. The van der Waals surface area contributed by atoms with E-state index in [0.29, 0.717) is 21.5 Å². The highest BCUT2D eigenvalue weighted by atomic mass is 32.1. The molecule has 9 heteroatoms. The number of carbonyl (C=O) groups is 2. The van der Waals surface area contributed by atoms with Gasteiger partial charge < -0.3 is 4.74 Å². The van der Waals surface area contributed by atoms with E-state index in [4.69, 9.17) is 4.74 Å². The lowest BCUT2D eigenvalue weighted by Crippen LogP contribution is -2.33. The molecule has 0 aliphatic carbocycles. The fraction of sp³-hybridized carbons (Fsp3) is 0.300. The van der Waals surface area contributed by atoms with Crippen LogP contribution in [0.5, 0.6) is 0 Å². The van der Waals surface area contributed by atoms with E-state index in [0.717, 1.165) is 16.0 Å². The number of ether oxygens (including phenoxy) is 1. The molecule has 0 spiro atoms. The molecular weight excluding hydrogens is 392 g/mol. The number of rotatable bonds is 4. The highest BCUT2D eigenvalue weighted by Crippen LogP contribution is 2.21. The Kier molecular flexibility index (Phi) is 5.69. The van der Waals surface area contributed by atoms with Crippen LogP contribution in [-0.2, 0) is 11.2 Å².